The number of halogens is 2. The lowest BCUT2D eigenvalue weighted by molar-refractivity contribution is 0.203. The zero-order chi connectivity index (χ0) is 17.6. The van der Waals surface area contributed by atoms with Crippen molar-refractivity contribution in [2.24, 2.45) is 0 Å². The van der Waals surface area contributed by atoms with Crippen LogP contribution in [0.1, 0.15) is 31.4 Å². The Morgan fingerprint density at radius 2 is 1.84 bits per heavy atom. The Morgan fingerprint density at radius 3 is 2.56 bits per heavy atom. The van der Waals surface area contributed by atoms with E-state index in [0.29, 0.717) is 29.0 Å². The van der Waals surface area contributed by atoms with Crippen molar-refractivity contribution in [3.8, 4) is 17.3 Å². The van der Waals surface area contributed by atoms with Gasteiger partial charge >= 0.3 is 0 Å². The highest BCUT2D eigenvalue weighted by molar-refractivity contribution is 6.32. The van der Waals surface area contributed by atoms with Crippen LogP contribution in [0.4, 0.5) is 4.39 Å². The molecule has 25 heavy (non-hydrogen) atoms. The van der Waals surface area contributed by atoms with Crippen LogP contribution in [-0.2, 0) is 0 Å². The average molecular weight is 364 g/mol. The molecule has 0 unspecified atom stereocenters. The van der Waals surface area contributed by atoms with E-state index >= 15 is 0 Å². The van der Waals surface area contributed by atoms with Crippen molar-refractivity contribution in [1.29, 1.82) is 0 Å². The van der Waals surface area contributed by atoms with Gasteiger partial charge in [0.1, 0.15) is 10.8 Å². The molecule has 0 amide bonds. The third-order valence-electron chi connectivity index (χ3n) is 4.40. The molecular weight excluding hydrogens is 341 g/mol. The number of nitrogens with zero attached hydrogens (tertiary/aromatic N) is 3. The van der Waals surface area contributed by atoms with Gasteiger partial charge in [-0.3, -0.25) is 0 Å². The molecule has 0 saturated carbocycles. The van der Waals surface area contributed by atoms with Gasteiger partial charge in [-0.2, -0.15) is 4.98 Å². The molecule has 134 valence electrons. The van der Waals surface area contributed by atoms with Crippen LogP contribution in [0.5, 0.6) is 5.88 Å². The Morgan fingerprint density at radius 1 is 1.12 bits per heavy atom. The van der Waals surface area contributed by atoms with Gasteiger partial charge in [0.25, 0.3) is 0 Å². The molecule has 0 radical (unpaired) electrons. The molecule has 1 fully saturated rings. The van der Waals surface area contributed by atoms with Crippen LogP contribution >= 0.6 is 11.6 Å². The van der Waals surface area contributed by atoms with Gasteiger partial charge in [0.05, 0.1) is 12.3 Å². The van der Waals surface area contributed by atoms with E-state index in [9.17, 15) is 4.39 Å². The zero-order valence-corrected chi connectivity index (χ0v) is 15.2. The molecule has 1 aliphatic heterocycles. The topological polar surface area (TPSA) is 38.3 Å². The molecule has 0 N–H and O–H groups in total. The highest BCUT2D eigenvalue weighted by Crippen LogP contribution is 2.28. The summed E-state index contributed by atoms with van der Waals surface area (Å²) >= 11 is 6.29. The minimum Gasteiger partial charge on any atom is -0.476 e. The maximum Gasteiger partial charge on any atom is 0.236 e. The lowest BCUT2D eigenvalue weighted by atomic mass is 10.1. The van der Waals surface area contributed by atoms with E-state index in [-0.39, 0.29) is 5.82 Å². The van der Waals surface area contributed by atoms with Crippen molar-refractivity contribution in [2.45, 2.75) is 32.6 Å². The first-order valence-corrected chi connectivity index (χ1v) is 9.16. The second kappa shape index (κ2) is 8.59. The number of hydrogen-bond acceptors (Lipinski definition) is 4. The number of aryl methyl sites for hydroxylation is 1. The predicted molar refractivity (Wildman–Crippen MR) is 97.6 cm³/mol. The first kappa shape index (κ1) is 18.1. The van der Waals surface area contributed by atoms with E-state index in [0.717, 1.165) is 18.5 Å². The Hall–Kier alpha value is -1.72. The first-order chi connectivity index (χ1) is 12.1. The molecule has 2 heterocycles. The summed E-state index contributed by atoms with van der Waals surface area (Å²) in [4.78, 5) is 11.3. The zero-order valence-electron chi connectivity index (χ0n) is 14.5. The van der Waals surface area contributed by atoms with Crippen molar-refractivity contribution < 1.29 is 9.13 Å². The number of rotatable bonds is 6. The van der Waals surface area contributed by atoms with Crippen LogP contribution in [0, 0.1) is 12.7 Å². The van der Waals surface area contributed by atoms with E-state index in [4.69, 9.17) is 16.3 Å². The molecule has 0 bridgehead atoms. The van der Waals surface area contributed by atoms with Gasteiger partial charge in [-0.25, -0.2) is 9.37 Å². The van der Waals surface area contributed by atoms with E-state index < -0.39 is 0 Å². The van der Waals surface area contributed by atoms with Crippen molar-refractivity contribution in [1.82, 2.24) is 14.9 Å². The van der Waals surface area contributed by atoms with Crippen molar-refractivity contribution >= 4 is 11.6 Å². The van der Waals surface area contributed by atoms with Crippen LogP contribution in [-0.4, -0.2) is 41.1 Å². The van der Waals surface area contributed by atoms with Gasteiger partial charge < -0.3 is 9.64 Å². The molecule has 3 rings (SSSR count). The second-order valence-electron chi connectivity index (χ2n) is 6.36. The normalized spacial score (nSPS) is 15.3. The SMILES string of the molecule is Cc1nc(-c2ccc(F)cc2)nc(OCCCN2CCCCC2)c1Cl. The summed E-state index contributed by atoms with van der Waals surface area (Å²) in [7, 11) is 0. The maximum atomic E-state index is 13.1. The molecule has 6 heteroatoms. The Balaban J connectivity index is 1.63. The first-order valence-electron chi connectivity index (χ1n) is 8.79. The summed E-state index contributed by atoms with van der Waals surface area (Å²) in [5.41, 5.74) is 1.39. The summed E-state index contributed by atoms with van der Waals surface area (Å²) in [6.45, 7) is 5.78. The fraction of sp³-hybridized carbons (Fsp3) is 0.474. The third-order valence-corrected chi connectivity index (χ3v) is 4.83. The highest BCUT2D eigenvalue weighted by Gasteiger charge is 2.13. The minimum atomic E-state index is -0.288. The fourth-order valence-corrected chi connectivity index (χ4v) is 3.14. The van der Waals surface area contributed by atoms with E-state index in [2.05, 4.69) is 14.9 Å². The van der Waals surface area contributed by atoms with Crippen LogP contribution < -0.4 is 4.74 Å². The summed E-state index contributed by atoms with van der Waals surface area (Å²) in [6.07, 6.45) is 4.86. The van der Waals surface area contributed by atoms with Gasteiger partial charge in [-0.15, -0.1) is 0 Å². The third kappa shape index (κ3) is 4.89. The summed E-state index contributed by atoms with van der Waals surface area (Å²) in [5, 5.41) is 0.434. The van der Waals surface area contributed by atoms with Crippen molar-refractivity contribution in [3.05, 3.63) is 40.8 Å². The lowest BCUT2D eigenvalue weighted by Gasteiger charge is -2.26. The van der Waals surface area contributed by atoms with Crippen LogP contribution in [0.3, 0.4) is 0 Å². The predicted octanol–water partition coefficient (Wildman–Crippen LogP) is 4.50. The average Bonchev–Trinajstić information content (AvgIpc) is 2.63. The number of likely N-dealkylation sites (tertiary alicyclic amines) is 1. The molecule has 1 saturated heterocycles. The van der Waals surface area contributed by atoms with Gasteiger partial charge in [-0.1, -0.05) is 18.0 Å². The largest absolute Gasteiger partial charge is 0.476 e. The molecule has 1 aromatic heterocycles. The number of benzene rings is 1. The quantitative estimate of drug-likeness (QED) is 0.708. The monoisotopic (exact) mass is 363 g/mol. The van der Waals surface area contributed by atoms with Crippen LogP contribution in [0.15, 0.2) is 24.3 Å². The molecule has 0 spiro atoms. The molecular formula is C19H23ClFN3O. The van der Waals surface area contributed by atoms with Crippen LogP contribution in [0.25, 0.3) is 11.4 Å². The van der Waals surface area contributed by atoms with Gasteiger partial charge in [0, 0.05) is 12.1 Å². The number of aromatic nitrogens is 2. The van der Waals surface area contributed by atoms with Crippen LogP contribution in [0.2, 0.25) is 5.02 Å². The number of piperidine rings is 1. The standard InChI is InChI=1S/C19H23ClFN3O/c1-14-17(20)19(25-13-5-12-24-10-3-2-4-11-24)23-18(22-14)15-6-8-16(21)9-7-15/h6-9H,2-5,10-13H2,1H3. The second-order valence-corrected chi connectivity index (χ2v) is 6.74. The smallest absolute Gasteiger partial charge is 0.236 e. The minimum absolute atomic E-state index is 0.288. The Bertz CT molecular complexity index is 703. The maximum absolute atomic E-state index is 13.1. The van der Waals surface area contributed by atoms with Gasteiger partial charge in [0.15, 0.2) is 5.82 Å². The highest BCUT2D eigenvalue weighted by atomic mass is 35.5. The lowest BCUT2D eigenvalue weighted by Crippen LogP contribution is -2.31. The Labute approximate surface area is 153 Å². The summed E-state index contributed by atoms with van der Waals surface area (Å²) in [6, 6.07) is 6.08. The van der Waals surface area contributed by atoms with Crippen molar-refractivity contribution in [2.75, 3.05) is 26.2 Å². The molecule has 1 aliphatic rings. The van der Waals surface area contributed by atoms with E-state index in [1.807, 2.05) is 6.92 Å². The summed E-state index contributed by atoms with van der Waals surface area (Å²) in [5.74, 6) is 0.601. The molecule has 0 aliphatic carbocycles. The fourth-order valence-electron chi connectivity index (χ4n) is 3.00. The van der Waals surface area contributed by atoms with Gasteiger partial charge in [0.2, 0.25) is 5.88 Å². The molecule has 0 atom stereocenters. The number of hydrogen-bond donors (Lipinski definition) is 0. The molecule has 2 aromatic rings. The van der Waals surface area contributed by atoms with Crippen molar-refractivity contribution in [3.63, 3.8) is 0 Å². The van der Waals surface area contributed by atoms with Gasteiger partial charge in [-0.05, 0) is 63.5 Å². The Kier molecular flexibility index (Phi) is 6.21. The van der Waals surface area contributed by atoms with E-state index in [1.54, 1.807) is 12.1 Å². The van der Waals surface area contributed by atoms with E-state index in [1.165, 1.54) is 44.5 Å². The molecule has 4 nitrogen and oxygen atoms in total. The number of ether oxygens (including phenoxy) is 1. The molecule has 1 aromatic carbocycles. The summed E-state index contributed by atoms with van der Waals surface area (Å²) < 4.78 is 18.9.